The van der Waals surface area contributed by atoms with E-state index in [9.17, 15) is 9.59 Å². The number of piperazine rings is 1. The Bertz CT molecular complexity index is 840. The van der Waals surface area contributed by atoms with Gasteiger partial charge in [-0.05, 0) is 42.9 Å². The highest BCUT2D eigenvalue weighted by Crippen LogP contribution is 2.19. The minimum Gasteiger partial charge on any atom is -0.352 e. The quantitative estimate of drug-likeness (QED) is 0.789. The largest absolute Gasteiger partial charge is 0.352 e. The lowest BCUT2D eigenvalue weighted by molar-refractivity contribution is -0.122. The van der Waals surface area contributed by atoms with Gasteiger partial charge in [0.25, 0.3) is 5.91 Å². The van der Waals surface area contributed by atoms with Crippen LogP contribution in [0.4, 0.5) is 0 Å². The van der Waals surface area contributed by atoms with E-state index in [2.05, 4.69) is 40.5 Å². The lowest BCUT2D eigenvalue weighted by atomic mass is 9.99. The van der Waals surface area contributed by atoms with Gasteiger partial charge in [-0.25, -0.2) is 0 Å². The standard InChI is InChI=1S/C24H29N3O2/c28-23(25-21-12-13-21)18-26-14-16-27(17-15-26)24(29)22-9-5-4-8-20(22)11-10-19-6-2-1-3-7-19/h1-9,21H,10-18H2,(H,25,28). The molecule has 2 aromatic rings. The van der Waals surface area contributed by atoms with Gasteiger partial charge in [-0.1, -0.05) is 48.5 Å². The molecule has 0 radical (unpaired) electrons. The number of carbonyl (C=O) groups is 2. The molecule has 1 heterocycles. The maximum absolute atomic E-state index is 13.1. The monoisotopic (exact) mass is 391 g/mol. The molecule has 0 spiro atoms. The van der Waals surface area contributed by atoms with Crippen molar-refractivity contribution in [2.45, 2.75) is 31.7 Å². The summed E-state index contributed by atoms with van der Waals surface area (Å²) in [6.07, 6.45) is 4.00. The average Bonchev–Trinajstić information content (AvgIpc) is 3.57. The van der Waals surface area contributed by atoms with Gasteiger partial charge in [-0.3, -0.25) is 14.5 Å². The molecule has 5 heteroatoms. The summed E-state index contributed by atoms with van der Waals surface area (Å²) < 4.78 is 0. The fourth-order valence-electron chi connectivity index (χ4n) is 3.85. The Hall–Kier alpha value is -2.66. The van der Waals surface area contributed by atoms with Crippen LogP contribution in [0.15, 0.2) is 54.6 Å². The average molecular weight is 392 g/mol. The van der Waals surface area contributed by atoms with Gasteiger partial charge in [0.15, 0.2) is 0 Å². The van der Waals surface area contributed by atoms with Crippen LogP contribution in [-0.2, 0) is 17.6 Å². The summed E-state index contributed by atoms with van der Waals surface area (Å²) in [4.78, 5) is 29.2. The number of amides is 2. The summed E-state index contributed by atoms with van der Waals surface area (Å²) in [6, 6.07) is 18.7. The van der Waals surface area contributed by atoms with Crippen LogP contribution < -0.4 is 5.32 Å². The molecular weight excluding hydrogens is 362 g/mol. The van der Waals surface area contributed by atoms with E-state index in [0.717, 1.165) is 49.9 Å². The molecule has 1 aliphatic heterocycles. The first-order valence-electron chi connectivity index (χ1n) is 10.6. The van der Waals surface area contributed by atoms with Crippen LogP contribution in [0.5, 0.6) is 0 Å². The number of hydrogen-bond donors (Lipinski definition) is 1. The normalized spacial score (nSPS) is 17.2. The zero-order valence-electron chi connectivity index (χ0n) is 16.8. The lowest BCUT2D eigenvalue weighted by Gasteiger charge is -2.34. The van der Waals surface area contributed by atoms with Gasteiger partial charge in [0.2, 0.25) is 5.91 Å². The van der Waals surface area contributed by atoms with E-state index >= 15 is 0 Å². The van der Waals surface area contributed by atoms with Crippen molar-refractivity contribution in [2.24, 2.45) is 0 Å². The van der Waals surface area contributed by atoms with Crippen LogP contribution in [0.1, 0.15) is 34.3 Å². The van der Waals surface area contributed by atoms with Crippen LogP contribution >= 0.6 is 0 Å². The van der Waals surface area contributed by atoms with Crippen LogP contribution in [0.2, 0.25) is 0 Å². The predicted octanol–water partition coefficient (Wildman–Crippen LogP) is 2.51. The molecule has 4 rings (SSSR count). The van der Waals surface area contributed by atoms with Gasteiger partial charge in [0.05, 0.1) is 6.54 Å². The number of nitrogens with zero attached hydrogens (tertiary/aromatic N) is 2. The molecule has 0 aromatic heterocycles. The Morgan fingerprint density at radius 3 is 2.28 bits per heavy atom. The fourth-order valence-corrected chi connectivity index (χ4v) is 3.85. The summed E-state index contributed by atoms with van der Waals surface area (Å²) in [5.41, 5.74) is 3.20. The number of hydrogen-bond acceptors (Lipinski definition) is 3. The number of aryl methyl sites for hydroxylation is 2. The van der Waals surface area contributed by atoms with E-state index in [1.807, 2.05) is 29.2 Å². The third-order valence-corrected chi connectivity index (χ3v) is 5.74. The molecule has 2 amide bonds. The molecule has 2 aromatic carbocycles. The molecule has 152 valence electrons. The van der Waals surface area contributed by atoms with Crippen molar-refractivity contribution in [1.29, 1.82) is 0 Å². The smallest absolute Gasteiger partial charge is 0.254 e. The second-order valence-corrected chi connectivity index (χ2v) is 8.05. The fraction of sp³-hybridized carbons (Fsp3) is 0.417. The number of benzene rings is 2. The van der Waals surface area contributed by atoms with E-state index in [4.69, 9.17) is 0 Å². The molecule has 0 bridgehead atoms. The topological polar surface area (TPSA) is 52.7 Å². The first-order chi connectivity index (χ1) is 14.2. The molecule has 1 saturated heterocycles. The van der Waals surface area contributed by atoms with Crippen molar-refractivity contribution in [3.05, 3.63) is 71.3 Å². The molecule has 1 aliphatic carbocycles. The van der Waals surface area contributed by atoms with Gasteiger partial charge in [-0.15, -0.1) is 0 Å². The molecular formula is C24H29N3O2. The highest BCUT2D eigenvalue weighted by atomic mass is 16.2. The zero-order valence-corrected chi connectivity index (χ0v) is 16.8. The Labute approximate surface area is 172 Å². The molecule has 2 aliphatic rings. The van der Waals surface area contributed by atoms with E-state index in [-0.39, 0.29) is 11.8 Å². The summed E-state index contributed by atoms with van der Waals surface area (Å²) in [6.45, 7) is 3.27. The van der Waals surface area contributed by atoms with E-state index in [0.29, 0.717) is 25.7 Å². The maximum Gasteiger partial charge on any atom is 0.254 e. The van der Waals surface area contributed by atoms with E-state index < -0.39 is 0 Å². The second-order valence-electron chi connectivity index (χ2n) is 8.05. The summed E-state index contributed by atoms with van der Waals surface area (Å²) in [5, 5.41) is 3.03. The van der Waals surface area contributed by atoms with Crippen LogP contribution in [0, 0.1) is 0 Å². The van der Waals surface area contributed by atoms with Crippen molar-refractivity contribution < 1.29 is 9.59 Å². The van der Waals surface area contributed by atoms with Crippen LogP contribution in [0.3, 0.4) is 0 Å². The Balaban J connectivity index is 1.32. The highest BCUT2D eigenvalue weighted by molar-refractivity contribution is 5.95. The molecule has 1 N–H and O–H groups in total. The number of rotatable bonds is 7. The molecule has 5 nitrogen and oxygen atoms in total. The third-order valence-electron chi connectivity index (χ3n) is 5.74. The minimum atomic E-state index is 0.107. The van der Waals surface area contributed by atoms with Crippen molar-refractivity contribution in [3.63, 3.8) is 0 Å². The number of carbonyl (C=O) groups excluding carboxylic acids is 2. The maximum atomic E-state index is 13.1. The molecule has 0 atom stereocenters. The van der Waals surface area contributed by atoms with Crippen molar-refractivity contribution >= 4 is 11.8 Å². The van der Waals surface area contributed by atoms with Gasteiger partial charge in [0, 0.05) is 37.8 Å². The Kier molecular flexibility index (Phi) is 6.25. The predicted molar refractivity (Wildman–Crippen MR) is 114 cm³/mol. The van der Waals surface area contributed by atoms with E-state index in [1.165, 1.54) is 5.56 Å². The highest BCUT2D eigenvalue weighted by Gasteiger charge is 2.27. The molecule has 1 saturated carbocycles. The van der Waals surface area contributed by atoms with Gasteiger partial charge in [0.1, 0.15) is 0 Å². The zero-order chi connectivity index (χ0) is 20.1. The Morgan fingerprint density at radius 1 is 0.862 bits per heavy atom. The van der Waals surface area contributed by atoms with Crippen molar-refractivity contribution in [3.8, 4) is 0 Å². The first kappa shape index (κ1) is 19.6. The minimum absolute atomic E-state index is 0.107. The van der Waals surface area contributed by atoms with Gasteiger partial charge >= 0.3 is 0 Å². The molecule has 2 fully saturated rings. The number of nitrogens with one attached hydrogen (secondary N) is 1. The van der Waals surface area contributed by atoms with Crippen molar-refractivity contribution in [1.82, 2.24) is 15.1 Å². The third kappa shape index (κ3) is 5.45. The Morgan fingerprint density at radius 2 is 1.55 bits per heavy atom. The van der Waals surface area contributed by atoms with Crippen LogP contribution in [0.25, 0.3) is 0 Å². The summed E-state index contributed by atoms with van der Waals surface area (Å²) in [5.74, 6) is 0.217. The van der Waals surface area contributed by atoms with Crippen molar-refractivity contribution in [2.75, 3.05) is 32.7 Å². The van der Waals surface area contributed by atoms with Gasteiger partial charge in [-0.2, -0.15) is 0 Å². The van der Waals surface area contributed by atoms with Gasteiger partial charge < -0.3 is 10.2 Å². The van der Waals surface area contributed by atoms with Crippen LogP contribution in [-0.4, -0.2) is 60.4 Å². The lowest BCUT2D eigenvalue weighted by Crippen LogP contribution is -2.51. The second kappa shape index (κ2) is 9.23. The summed E-state index contributed by atoms with van der Waals surface area (Å²) >= 11 is 0. The molecule has 0 unspecified atom stereocenters. The first-order valence-corrected chi connectivity index (χ1v) is 10.6. The molecule has 29 heavy (non-hydrogen) atoms. The summed E-state index contributed by atoms with van der Waals surface area (Å²) in [7, 11) is 0. The van der Waals surface area contributed by atoms with E-state index in [1.54, 1.807) is 0 Å². The SMILES string of the molecule is O=C(CN1CCN(C(=O)c2ccccc2CCc2ccccc2)CC1)NC1CC1.